The monoisotopic (exact) mass is 469 g/mol. The first kappa shape index (κ1) is 22.4. The van der Waals surface area contributed by atoms with Crippen molar-refractivity contribution < 1.29 is 9.21 Å². The van der Waals surface area contributed by atoms with Gasteiger partial charge in [0.1, 0.15) is 10.8 Å². The molecule has 0 atom stereocenters. The molecule has 1 aliphatic rings. The van der Waals surface area contributed by atoms with Crippen LogP contribution in [0.2, 0.25) is 0 Å². The van der Waals surface area contributed by atoms with Gasteiger partial charge < -0.3 is 9.73 Å². The van der Waals surface area contributed by atoms with Crippen molar-refractivity contribution >= 4 is 17.7 Å². The van der Waals surface area contributed by atoms with E-state index >= 15 is 0 Å². The van der Waals surface area contributed by atoms with Crippen molar-refractivity contribution in [2.45, 2.75) is 48.9 Å². The molecule has 4 aromatic rings. The minimum absolute atomic E-state index is 0.120. The van der Waals surface area contributed by atoms with Crippen LogP contribution in [0, 0.1) is 0 Å². The minimum Gasteiger partial charge on any atom is -0.455 e. The number of nitrogens with one attached hydrogen (secondary N) is 1. The molecule has 2 aromatic heterocycles. The minimum atomic E-state index is -0.120. The summed E-state index contributed by atoms with van der Waals surface area (Å²) in [5.41, 5.74) is 4.24. The Kier molecular flexibility index (Phi) is 7.05. The summed E-state index contributed by atoms with van der Waals surface area (Å²) in [6.45, 7) is 0. The zero-order valence-electron chi connectivity index (χ0n) is 18.9. The largest absolute Gasteiger partial charge is 0.455 e. The van der Waals surface area contributed by atoms with Gasteiger partial charge in [0.25, 0.3) is 5.91 Å². The SMILES string of the molecule is O=C(NC1CCCCC1)c1ccc(CSc2ccc(-c3ccc(-c4ccccc4)cc3)nn2)o1. The van der Waals surface area contributed by atoms with E-state index in [1.165, 1.54) is 42.2 Å². The highest BCUT2D eigenvalue weighted by Crippen LogP contribution is 2.26. The Bertz CT molecular complexity index is 1210. The standard InChI is InChI=1S/C28H27N3O2S/c32-28(29-23-9-5-2-6-10-23)26-17-15-24(33-26)19-34-27-18-16-25(30-31-27)22-13-11-21(12-14-22)20-7-3-1-4-8-20/h1,3-4,7-8,11-18,23H,2,5-6,9-10,19H2,(H,29,32). The van der Waals surface area contributed by atoms with Gasteiger partial charge in [0, 0.05) is 11.6 Å². The highest BCUT2D eigenvalue weighted by Gasteiger charge is 2.19. The fraction of sp³-hybridized carbons (Fsp3) is 0.250. The molecule has 1 amide bonds. The Hall–Kier alpha value is -3.38. The van der Waals surface area contributed by atoms with Crippen molar-refractivity contribution in [1.29, 1.82) is 0 Å². The lowest BCUT2D eigenvalue weighted by Crippen LogP contribution is -2.35. The highest BCUT2D eigenvalue weighted by molar-refractivity contribution is 7.98. The van der Waals surface area contributed by atoms with E-state index in [9.17, 15) is 4.79 Å². The molecule has 6 heteroatoms. The summed E-state index contributed by atoms with van der Waals surface area (Å²) in [6, 6.07) is 26.5. The maximum Gasteiger partial charge on any atom is 0.287 e. The number of furan rings is 1. The third kappa shape index (κ3) is 5.57. The molecule has 5 nitrogen and oxygen atoms in total. The number of hydrogen-bond acceptors (Lipinski definition) is 5. The third-order valence-corrected chi connectivity index (χ3v) is 7.06. The first-order chi connectivity index (χ1) is 16.7. The molecule has 1 saturated carbocycles. The Balaban J connectivity index is 1.16. The zero-order valence-corrected chi connectivity index (χ0v) is 19.8. The number of aromatic nitrogens is 2. The van der Waals surface area contributed by atoms with Gasteiger partial charge in [-0.25, -0.2) is 0 Å². The molecule has 1 fully saturated rings. The molecule has 2 heterocycles. The quantitative estimate of drug-likeness (QED) is 0.303. The van der Waals surface area contributed by atoms with Crippen LogP contribution in [0.4, 0.5) is 0 Å². The maximum atomic E-state index is 12.4. The van der Waals surface area contributed by atoms with E-state index in [1.807, 2.05) is 36.4 Å². The van der Waals surface area contributed by atoms with Gasteiger partial charge in [-0.3, -0.25) is 4.79 Å². The predicted molar refractivity (Wildman–Crippen MR) is 136 cm³/mol. The molecule has 0 unspecified atom stereocenters. The van der Waals surface area contributed by atoms with E-state index in [-0.39, 0.29) is 11.9 Å². The van der Waals surface area contributed by atoms with Crippen LogP contribution in [0.1, 0.15) is 48.4 Å². The lowest BCUT2D eigenvalue weighted by atomic mass is 9.95. The van der Waals surface area contributed by atoms with Crippen LogP contribution in [0.3, 0.4) is 0 Å². The molecule has 172 valence electrons. The fourth-order valence-electron chi connectivity index (χ4n) is 4.24. The summed E-state index contributed by atoms with van der Waals surface area (Å²) in [5, 5.41) is 12.7. The summed E-state index contributed by atoms with van der Waals surface area (Å²) >= 11 is 1.54. The lowest BCUT2D eigenvalue weighted by molar-refractivity contribution is 0.0898. The van der Waals surface area contributed by atoms with Gasteiger partial charge in [-0.2, -0.15) is 0 Å². The molecule has 1 N–H and O–H groups in total. The molecule has 0 saturated heterocycles. The summed E-state index contributed by atoms with van der Waals surface area (Å²) in [4.78, 5) is 12.4. The maximum absolute atomic E-state index is 12.4. The van der Waals surface area contributed by atoms with Gasteiger partial charge in [-0.1, -0.05) is 85.6 Å². The van der Waals surface area contributed by atoms with Gasteiger partial charge in [-0.05, 0) is 48.2 Å². The van der Waals surface area contributed by atoms with Crippen molar-refractivity contribution in [2.75, 3.05) is 0 Å². The van der Waals surface area contributed by atoms with Crippen LogP contribution < -0.4 is 5.32 Å². The molecule has 0 aliphatic heterocycles. The van der Waals surface area contributed by atoms with E-state index in [4.69, 9.17) is 4.42 Å². The molecular formula is C28H27N3O2S. The Morgan fingerprint density at radius 2 is 1.56 bits per heavy atom. The van der Waals surface area contributed by atoms with Gasteiger partial charge in [0.05, 0.1) is 11.4 Å². The first-order valence-electron chi connectivity index (χ1n) is 11.8. The van der Waals surface area contributed by atoms with Crippen LogP contribution in [0.25, 0.3) is 22.4 Å². The Morgan fingerprint density at radius 3 is 2.29 bits per heavy atom. The molecule has 1 aliphatic carbocycles. The second-order valence-electron chi connectivity index (χ2n) is 8.56. The van der Waals surface area contributed by atoms with E-state index in [0.717, 1.165) is 34.9 Å². The first-order valence-corrected chi connectivity index (χ1v) is 12.8. The second kappa shape index (κ2) is 10.7. The fourth-order valence-corrected chi connectivity index (χ4v) is 4.95. The van der Waals surface area contributed by atoms with Crippen LogP contribution >= 0.6 is 11.8 Å². The number of nitrogens with zero attached hydrogens (tertiary/aromatic N) is 2. The topological polar surface area (TPSA) is 68.0 Å². The third-order valence-electron chi connectivity index (χ3n) is 6.12. The molecule has 0 spiro atoms. The Morgan fingerprint density at radius 1 is 0.824 bits per heavy atom. The summed E-state index contributed by atoms with van der Waals surface area (Å²) in [6.07, 6.45) is 5.74. The van der Waals surface area contributed by atoms with Gasteiger partial charge >= 0.3 is 0 Å². The number of carbonyl (C=O) groups is 1. The van der Waals surface area contributed by atoms with Crippen molar-refractivity contribution in [3.05, 3.63) is 90.4 Å². The molecule has 0 bridgehead atoms. The van der Waals surface area contributed by atoms with Crippen molar-refractivity contribution in [3.8, 4) is 22.4 Å². The normalized spacial score (nSPS) is 14.1. The average molecular weight is 470 g/mol. The average Bonchev–Trinajstić information content (AvgIpc) is 3.38. The Labute approximate surface area is 204 Å². The van der Waals surface area contributed by atoms with Gasteiger partial charge in [0.15, 0.2) is 5.76 Å². The van der Waals surface area contributed by atoms with Crippen LogP contribution in [-0.4, -0.2) is 22.1 Å². The number of amides is 1. The number of carbonyl (C=O) groups excluding carboxylic acids is 1. The van der Waals surface area contributed by atoms with Gasteiger partial charge in [-0.15, -0.1) is 10.2 Å². The van der Waals surface area contributed by atoms with E-state index < -0.39 is 0 Å². The summed E-state index contributed by atoms with van der Waals surface area (Å²) < 4.78 is 5.77. The smallest absolute Gasteiger partial charge is 0.287 e. The molecule has 5 rings (SSSR count). The zero-order chi connectivity index (χ0) is 23.2. The van der Waals surface area contributed by atoms with Crippen LogP contribution in [0.5, 0.6) is 0 Å². The highest BCUT2D eigenvalue weighted by atomic mass is 32.2. The van der Waals surface area contributed by atoms with Crippen molar-refractivity contribution in [3.63, 3.8) is 0 Å². The number of hydrogen-bond donors (Lipinski definition) is 1. The number of thioether (sulfide) groups is 1. The molecule has 0 radical (unpaired) electrons. The van der Waals surface area contributed by atoms with Crippen LogP contribution in [-0.2, 0) is 5.75 Å². The van der Waals surface area contributed by atoms with Gasteiger partial charge in [0.2, 0.25) is 0 Å². The van der Waals surface area contributed by atoms with Crippen LogP contribution in [0.15, 0.2) is 88.3 Å². The predicted octanol–water partition coefficient (Wildman–Crippen LogP) is 6.76. The van der Waals surface area contributed by atoms with E-state index in [2.05, 4.69) is 51.9 Å². The van der Waals surface area contributed by atoms with E-state index in [1.54, 1.807) is 6.07 Å². The lowest BCUT2D eigenvalue weighted by Gasteiger charge is -2.22. The van der Waals surface area contributed by atoms with E-state index in [0.29, 0.717) is 11.5 Å². The molecular weight excluding hydrogens is 442 g/mol. The van der Waals surface area contributed by atoms with Crippen molar-refractivity contribution in [2.24, 2.45) is 0 Å². The molecule has 2 aromatic carbocycles. The summed E-state index contributed by atoms with van der Waals surface area (Å²) in [5.74, 6) is 1.60. The second-order valence-corrected chi connectivity index (χ2v) is 9.56. The number of benzene rings is 2. The summed E-state index contributed by atoms with van der Waals surface area (Å²) in [7, 11) is 0. The van der Waals surface area contributed by atoms with Crippen molar-refractivity contribution in [1.82, 2.24) is 15.5 Å². The molecule has 34 heavy (non-hydrogen) atoms. The number of rotatable bonds is 7.